The first-order valence-electron chi connectivity index (χ1n) is 11.5. The summed E-state index contributed by atoms with van der Waals surface area (Å²) < 4.78 is 28.6. The van der Waals surface area contributed by atoms with Crippen LogP contribution in [0.15, 0.2) is 36.8 Å². The van der Waals surface area contributed by atoms with Gasteiger partial charge in [0.1, 0.15) is 23.5 Å². The molecule has 1 aromatic carbocycles. The predicted molar refractivity (Wildman–Crippen MR) is 130 cm³/mol. The lowest BCUT2D eigenvalue weighted by Crippen LogP contribution is -2.43. The number of benzene rings is 1. The Balaban J connectivity index is 1.39. The van der Waals surface area contributed by atoms with Crippen molar-refractivity contribution in [1.29, 1.82) is 0 Å². The summed E-state index contributed by atoms with van der Waals surface area (Å²) in [6, 6.07) is 7.93. The van der Waals surface area contributed by atoms with Crippen molar-refractivity contribution in [2.24, 2.45) is 11.7 Å². The number of hydrogen-bond donors (Lipinski definition) is 3. The maximum absolute atomic E-state index is 12.0. The lowest BCUT2D eigenvalue weighted by Gasteiger charge is -2.42. The van der Waals surface area contributed by atoms with Gasteiger partial charge in [0.05, 0.1) is 5.39 Å². The minimum atomic E-state index is -3.78. The number of primary amides is 1. The molecule has 1 saturated carbocycles. The third-order valence-electron chi connectivity index (χ3n) is 6.77. The first kappa shape index (κ1) is 22.8. The highest BCUT2D eigenvalue weighted by Gasteiger charge is 2.34. The molecule has 1 amide bonds. The second-order valence-corrected chi connectivity index (χ2v) is 11.1. The van der Waals surface area contributed by atoms with Gasteiger partial charge in [0.2, 0.25) is 15.9 Å². The standard InChI is InChI=1S/C23H29N7O3S/c24-20(31)13-34(32,33)28-10-15-3-1-4-17(7-15)19-12-30(23-21(19)22(25)26-14-27-23)18-8-16(9-18)11-29-5-2-6-29/h1,3-4,7,12,14,16,18,28H,2,5-6,8-11,13H2,(H2,24,31)(H2,25,26,27). The fraction of sp³-hybridized carbons (Fsp3) is 0.435. The zero-order valence-corrected chi connectivity index (χ0v) is 19.7. The normalized spacial score (nSPS) is 20.7. The van der Waals surface area contributed by atoms with Gasteiger partial charge in [-0.3, -0.25) is 4.79 Å². The number of anilines is 1. The Bertz CT molecular complexity index is 1330. The highest BCUT2D eigenvalue weighted by Crippen LogP contribution is 2.43. The van der Waals surface area contributed by atoms with E-state index in [0.717, 1.165) is 40.6 Å². The van der Waals surface area contributed by atoms with Crippen molar-refractivity contribution >= 4 is 32.8 Å². The van der Waals surface area contributed by atoms with Gasteiger partial charge in [-0.2, -0.15) is 0 Å². The number of aromatic nitrogens is 3. The molecule has 5 rings (SSSR count). The molecule has 3 heterocycles. The first-order chi connectivity index (χ1) is 16.3. The molecule has 10 nitrogen and oxygen atoms in total. The van der Waals surface area contributed by atoms with E-state index >= 15 is 0 Å². The van der Waals surface area contributed by atoms with E-state index in [1.165, 1.54) is 32.4 Å². The SMILES string of the molecule is NC(=O)CS(=O)(=O)NCc1cccc(-c2cn(C3CC(CN4CCC4)C3)c3ncnc(N)c23)c1. The van der Waals surface area contributed by atoms with E-state index in [0.29, 0.717) is 17.8 Å². The van der Waals surface area contributed by atoms with Gasteiger partial charge in [-0.1, -0.05) is 18.2 Å². The summed E-state index contributed by atoms with van der Waals surface area (Å²) >= 11 is 0. The van der Waals surface area contributed by atoms with Crippen LogP contribution in [0.3, 0.4) is 0 Å². The summed E-state index contributed by atoms with van der Waals surface area (Å²) in [5.74, 6) is -0.508. The molecule has 3 aromatic rings. The summed E-state index contributed by atoms with van der Waals surface area (Å²) in [4.78, 5) is 22.3. The van der Waals surface area contributed by atoms with Crippen molar-refractivity contribution in [3.8, 4) is 11.1 Å². The molecule has 11 heteroatoms. The Morgan fingerprint density at radius 2 is 2.00 bits per heavy atom. The Labute approximate surface area is 198 Å². The molecule has 2 aromatic heterocycles. The fourth-order valence-electron chi connectivity index (χ4n) is 4.89. The Morgan fingerprint density at radius 3 is 2.71 bits per heavy atom. The van der Waals surface area contributed by atoms with Gasteiger partial charge < -0.3 is 20.9 Å². The monoisotopic (exact) mass is 483 g/mol. The van der Waals surface area contributed by atoms with E-state index in [9.17, 15) is 13.2 Å². The molecular formula is C23H29N7O3S. The number of carbonyl (C=O) groups excluding carboxylic acids is 1. The van der Waals surface area contributed by atoms with E-state index in [4.69, 9.17) is 11.5 Å². The van der Waals surface area contributed by atoms with Gasteiger partial charge in [-0.05, 0) is 55.5 Å². The average Bonchev–Trinajstić information content (AvgIpc) is 3.10. The topological polar surface area (TPSA) is 149 Å². The number of nitrogens with one attached hydrogen (secondary N) is 1. The zero-order valence-electron chi connectivity index (χ0n) is 18.9. The van der Waals surface area contributed by atoms with Crippen LogP contribution in [-0.2, 0) is 21.4 Å². The van der Waals surface area contributed by atoms with Crippen molar-refractivity contribution in [2.75, 3.05) is 31.1 Å². The van der Waals surface area contributed by atoms with Crippen molar-refractivity contribution in [2.45, 2.75) is 31.8 Å². The van der Waals surface area contributed by atoms with Crippen molar-refractivity contribution in [1.82, 2.24) is 24.2 Å². The summed E-state index contributed by atoms with van der Waals surface area (Å²) in [6.07, 6.45) is 7.13. The zero-order chi connectivity index (χ0) is 23.9. The summed E-state index contributed by atoms with van der Waals surface area (Å²) in [7, 11) is -3.78. The van der Waals surface area contributed by atoms with Gasteiger partial charge in [0, 0.05) is 30.9 Å². The second kappa shape index (κ2) is 8.97. The highest BCUT2D eigenvalue weighted by atomic mass is 32.2. The van der Waals surface area contributed by atoms with E-state index in [1.807, 2.05) is 24.3 Å². The number of fused-ring (bicyclic) bond motifs is 1. The molecular weight excluding hydrogens is 454 g/mol. The lowest BCUT2D eigenvalue weighted by molar-refractivity contribution is -0.115. The van der Waals surface area contributed by atoms with Crippen LogP contribution in [0.2, 0.25) is 0 Å². The summed E-state index contributed by atoms with van der Waals surface area (Å²) in [6.45, 7) is 3.66. The number of hydrogen-bond acceptors (Lipinski definition) is 7. The Hall–Kier alpha value is -3.02. The quantitative estimate of drug-likeness (QED) is 0.414. The van der Waals surface area contributed by atoms with Gasteiger partial charge >= 0.3 is 0 Å². The fourth-order valence-corrected chi connectivity index (χ4v) is 5.76. The Kier molecular flexibility index (Phi) is 6.00. The smallest absolute Gasteiger partial charge is 0.234 e. The summed E-state index contributed by atoms with van der Waals surface area (Å²) in [5.41, 5.74) is 14.7. The Morgan fingerprint density at radius 1 is 1.21 bits per heavy atom. The molecule has 0 atom stereocenters. The molecule has 0 unspecified atom stereocenters. The number of rotatable bonds is 9. The van der Waals surface area contributed by atoms with Crippen LogP contribution < -0.4 is 16.2 Å². The molecule has 34 heavy (non-hydrogen) atoms. The van der Waals surface area contributed by atoms with Gasteiger partial charge in [0.25, 0.3) is 0 Å². The molecule has 2 aliphatic rings. The van der Waals surface area contributed by atoms with Gasteiger partial charge in [-0.15, -0.1) is 0 Å². The van der Waals surface area contributed by atoms with Crippen LogP contribution >= 0.6 is 0 Å². The number of likely N-dealkylation sites (tertiary alicyclic amines) is 1. The molecule has 1 saturated heterocycles. The third kappa shape index (κ3) is 4.63. The van der Waals surface area contributed by atoms with Gasteiger partial charge in [-0.25, -0.2) is 23.1 Å². The molecule has 0 spiro atoms. The van der Waals surface area contributed by atoms with E-state index < -0.39 is 21.7 Å². The largest absolute Gasteiger partial charge is 0.383 e. The molecule has 5 N–H and O–H groups in total. The number of sulfonamides is 1. The van der Waals surface area contributed by atoms with Crippen LogP contribution in [0, 0.1) is 5.92 Å². The van der Waals surface area contributed by atoms with Crippen molar-refractivity contribution in [3.63, 3.8) is 0 Å². The molecule has 180 valence electrons. The predicted octanol–water partition coefficient (Wildman–Crippen LogP) is 1.24. The van der Waals surface area contributed by atoms with E-state index in [-0.39, 0.29) is 6.54 Å². The van der Waals surface area contributed by atoms with Crippen LogP contribution in [0.4, 0.5) is 5.82 Å². The van der Waals surface area contributed by atoms with Crippen LogP contribution in [0.25, 0.3) is 22.2 Å². The minimum Gasteiger partial charge on any atom is -0.383 e. The van der Waals surface area contributed by atoms with Crippen LogP contribution in [0.5, 0.6) is 0 Å². The molecule has 0 radical (unpaired) electrons. The molecule has 1 aliphatic carbocycles. The lowest BCUT2D eigenvalue weighted by atomic mass is 9.79. The molecule has 2 fully saturated rings. The number of amides is 1. The number of nitrogens with two attached hydrogens (primary N) is 2. The summed E-state index contributed by atoms with van der Waals surface area (Å²) in [5, 5.41) is 0.806. The number of carbonyl (C=O) groups is 1. The van der Waals surface area contributed by atoms with Crippen LogP contribution in [-0.4, -0.2) is 59.1 Å². The first-order valence-corrected chi connectivity index (χ1v) is 13.1. The second-order valence-electron chi connectivity index (χ2n) is 9.30. The highest BCUT2D eigenvalue weighted by molar-refractivity contribution is 7.90. The van der Waals surface area contributed by atoms with Crippen molar-refractivity contribution < 1.29 is 13.2 Å². The molecule has 1 aliphatic heterocycles. The number of nitrogens with zero attached hydrogens (tertiary/aromatic N) is 4. The van der Waals surface area contributed by atoms with E-state index in [1.54, 1.807) is 0 Å². The number of nitrogen functional groups attached to an aromatic ring is 1. The average molecular weight is 484 g/mol. The van der Waals surface area contributed by atoms with E-state index in [2.05, 4.69) is 30.4 Å². The van der Waals surface area contributed by atoms with Gasteiger partial charge in [0.15, 0.2) is 0 Å². The third-order valence-corrected chi connectivity index (χ3v) is 8.02. The van der Waals surface area contributed by atoms with Crippen molar-refractivity contribution in [3.05, 3.63) is 42.4 Å². The minimum absolute atomic E-state index is 0.0505. The maximum atomic E-state index is 12.0. The van der Waals surface area contributed by atoms with Crippen LogP contribution in [0.1, 0.15) is 30.9 Å². The molecule has 0 bridgehead atoms. The maximum Gasteiger partial charge on any atom is 0.234 e.